The molecule has 2 aliphatic heterocycles. The molecule has 0 fully saturated rings. The summed E-state index contributed by atoms with van der Waals surface area (Å²) >= 11 is 0. The van der Waals surface area contributed by atoms with Gasteiger partial charge in [-0.1, -0.05) is 178 Å². The minimum atomic E-state index is -0.351. The van der Waals surface area contributed by atoms with Gasteiger partial charge in [0.25, 0.3) is 0 Å². The van der Waals surface area contributed by atoms with E-state index in [1.54, 1.807) is 0 Å². The maximum absolute atomic E-state index is 7.20. The highest BCUT2D eigenvalue weighted by Gasteiger charge is 2.55. The van der Waals surface area contributed by atoms with Crippen LogP contribution in [0.15, 0.2) is 155 Å². The summed E-state index contributed by atoms with van der Waals surface area (Å²) in [5.74, 6) is 0. The number of para-hydroxylation sites is 2. The number of allylic oxidation sites excluding steroid dienone is 1. The summed E-state index contributed by atoms with van der Waals surface area (Å²) in [4.78, 5) is 2.73. The van der Waals surface area contributed by atoms with Crippen molar-refractivity contribution in [2.75, 3.05) is 4.90 Å². The average Bonchev–Trinajstić information content (AvgIpc) is 3.94. The number of aromatic nitrogens is 1. The highest BCUT2D eigenvalue weighted by molar-refractivity contribution is 6.86. The minimum Gasteiger partial charge on any atom is -0.455 e. The summed E-state index contributed by atoms with van der Waals surface area (Å²) in [5.41, 5.74) is 22.8. The number of hydrogen-bond donors (Lipinski definition) is 0. The number of benzene rings is 8. The maximum Gasteiger partial charge on any atom is 0.329 e. The predicted molar refractivity (Wildman–Crippen MR) is 285 cm³/mol. The van der Waals surface area contributed by atoms with Gasteiger partial charge < -0.3 is 13.8 Å². The predicted octanol–water partition coefficient (Wildman–Crippen LogP) is 16.3. The molecule has 4 aliphatic rings. The number of fused-ring (bicyclic) bond motifs is 15. The Morgan fingerprint density at radius 2 is 1.22 bits per heavy atom. The highest BCUT2D eigenvalue weighted by Crippen LogP contribution is 2.61. The van der Waals surface area contributed by atoms with Crippen LogP contribution in [0.25, 0.3) is 82.5 Å². The van der Waals surface area contributed by atoms with Crippen molar-refractivity contribution in [2.24, 2.45) is 0 Å². The molecule has 0 unspecified atom stereocenters. The Morgan fingerprint density at radius 3 is 2.00 bits per heavy atom. The molecule has 0 bridgehead atoms. The fourth-order valence-electron chi connectivity index (χ4n) is 13.4. The monoisotopic (exact) mass is 866 g/mol. The van der Waals surface area contributed by atoms with E-state index < -0.39 is 0 Å². The fraction of sp³-hybridized carbons (Fsp3) is 0.238. The Bertz CT molecular complexity index is 3890. The summed E-state index contributed by atoms with van der Waals surface area (Å²) in [6.45, 7) is 21.9. The van der Waals surface area contributed by atoms with Gasteiger partial charge in [-0.3, -0.25) is 0 Å². The Balaban J connectivity index is 1.22. The van der Waals surface area contributed by atoms with Crippen LogP contribution in [-0.4, -0.2) is 11.3 Å². The van der Waals surface area contributed by atoms with Gasteiger partial charge in [0.05, 0.1) is 5.69 Å². The molecule has 3 nitrogen and oxygen atoms in total. The standard InChI is InChI=1S/C63H55BN2O/c1-60(2,3)38-27-29-50(44(32-38)36-18-11-10-12-19-36)65-51-34-45-40-22-15-16-25-52(40)67-58(45)53-43-24-17-23-41-42-28-26-37-20-13-14-21-39(37)55(42)66(56(41)43)64(54(51)53)59-57(65)46-33-48-49(35-47(46)63(59,8)9)62(6,7)31-30-61(48,4)5/h10-29,32-35H,30-31H2,1-9H3. The Kier molecular flexibility index (Phi) is 7.53. The van der Waals surface area contributed by atoms with E-state index in [1.165, 1.54) is 117 Å². The van der Waals surface area contributed by atoms with Gasteiger partial charge in [0.15, 0.2) is 0 Å². The molecular weight excluding hydrogens is 812 g/mol. The van der Waals surface area contributed by atoms with E-state index in [4.69, 9.17) is 4.42 Å². The Hall–Kier alpha value is -6.78. The second-order valence-corrected chi connectivity index (χ2v) is 23.1. The molecule has 2 aromatic heterocycles. The van der Waals surface area contributed by atoms with Gasteiger partial charge in [-0.25, -0.2) is 0 Å². The quantitative estimate of drug-likeness (QED) is 0.161. The van der Waals surface area contributed by atoms with Crippen LogP contribution in [0, 0.1) is 0 Å². The van der Waals surface area contributed by atoms with E-state index in [-0.39, 0.29) is 28.5 Å². The molecular formula is C63H55BN2O. The average molecular weight is 867 g/mol. The van der Waals surface area contributed by atoms with Crippen LogP contribution in [0.2, 0.25) is 0 Å². The number of rotatable bonds is 2. The second kappa shape index (κ2) is 12.8. The molecule has 10 aromatic rings. The molecule has 326 valence electrons. The summed E-state index contributed by atoms with van der Waals surface area (Å²) in [6.07, 6.45) is 2.34. The summed E-state index contributed by atoms with van der Waals surface area (Å²) in [7, 11) is 0. The van der Waals surface area contributed by atoms with Crippen molar-refractivity contribution in [3.63, 3.8) is 0 Å². The molecule has 8 aromatic carbocycles. The molecule has 67 heavy (non-hydrogen) atoms. The first kappa shape index (κ1) is 39.4. The van der Waals surface area contributed by atoms with Crippen molar-refractivity contribution in [1.29, 1.82) is 0 Å². The summed E-state index contributed by atoms with van der Waals surface area (Å²) in [6, 6.07) is 55.7. The van der Waals surface area contributed by atoms with E-state index in [9.17, 15) is 0 Å². The van der Waals surface area contributed by atoms with Crippen LogP contribution in [0.4, 0.5) is 11.4 Å². The van der Waals surface area contributed by atoms with Crippen molar-refractivity contribution in [2.45, 2.75) is 96.8 Å². The minimum absolute atomic E-state index is 0.0365. The summed E-state index contributed by atoms with van der Waals surface area (Å²) in [5, 5.41) is 7.44. The zero-order valence-corrected chi connectivity index (χ0v) is 40.2. The lowest BCUT2D eigenvalue weighted by atomic mass is 9.40. The molecule has 0 radical (unpaired) electrons. The van der Waals surface area contributed by atoms with Gasteiger partial charge in [-0.15, -0.1) is 0 Å². The highest BCUT2D eigenvalue weighted by atomic mass is 16.3. The first-order chi connectivity index (χ1) is 32.1. The number of nitrogens with zero attached hydrogens (tertiary/aromatic N) is 2. The SMILES string of the molecule is CC(C)(C)c1ccc(N2C3=C(B4c5c2cc2c(oc6ccccc62)c5-c2cccc5c6ccc7ccccc7c6n4c25)C(C)(C)c2cc4c(cc23)C(C)(C)CCC4(C)C)c(-c2ccccc2)c1. The molecule has 4 heteroatoms. The Labute approximate surface area is 393 Å². The lowest BCUT2D eigenvalue weighted by Gasteiger charge is -2.43. The molecule has 14 rings (SSSR count). The molecule has 0 saturated carbocycles. The van der Waals surface area contributed by atoms with E-state index in [0.29, 0.717) is 0 Å². The second-order valence-electron chi connectivity index (χ2n) is 23.1. The van der Waals surface area contributed by atoms with Crippen molar-refractivity contribution in [1.82, 2.24) is 4.48 Å². The van der Waals surface area contributed by atoms with Crippen LogP contribution in [0.3, 0.4) is 0 Å². The first-order valence-corrected chi connectivity index (χ1v) is 24.5. The zero-order chi connectivity index (χ0) is 45.7. The van der Waals surface area contributed by atoms with E-state index in [2.05, 4.69) is 217 Å². The Morgan fingerprint density at radius 1 is 0.537 bits per heavy atom. The first-order valence-electron chi connectivity index (χ1n) is 24.5. The smallest absolute Gasteiger partial charge is 0.329 e. The molecule has 0 N–H and O–H groups in total. The van der Waals surface area contributed by atoms with Crippen molar-refractivity contribution >= 4 is 83.9 Å². The van der Waals surface area contributed by atoms with Crippen molar-refractivity contribution in [3.8, 4) is 22.3 Å². The normalized spacial score (nSPS) is 17.4. The maximum atomic E-state index is 7.20. The van der Waals surface area contributed by atoms with Crippen molar-refractivity contribution < 1.29 is 4.42 Å². The van der Waals surface area contributed by atoms with Crippen LogP contribution < -0.4 is 10.4 Å². The topological polar surface area (TPSA) is 21.3 Å². The van der Waals surface area contributed by atoms with Crippen LogP contribution >= 0.6 is 0 Å². The molecule has 0 atom stereocenters. The van der Waals surface area contributed by atoms with Crippen LogP contribution in [-0.2, 0) is 21.7 Å². The lowest BCUT2D eigenvalue weighted by Crippen LogP contribution is -2.52. The number of hydrogen-bond acceptors (Lipinski definition) is 2. The van der Waals surface area contributed by atoms with Crippen LogP contribution in [0.5, 0.6) is 0 Å². The molecule has 4 heterocycles. The van der Waals surface area contributed by atoms with E-state index in [1.807, 2.05) is 0 Å². The van der Waals surface area contributed by atoms with Crippen LogP contribution in [0.1, 0.15) is 103 Å². The van der Waals surface area contributed by atoms with Gasteiger partial charge in [-0.05, 0) is 104 Å². The summed E-state index contributed by atoms with van der Waals surface area (Å²) < 4.78 is 9.98. The zero-order valence-electron chi connectivity index (χ0n) is 40.2. The van der Waals surface area contributed by atoms with E-state index >= 15 is 0 Å². The molecule has 0 amide bonds. The van der Waals surface area contributed by atoms with Gasteiger partial charge in [0, 0.05) is 77.0 Å². The third kappa shape index (κ3) is 5.04. The van der Waals surface area contributed by atoms with Gasteiger partial charge in [0.2, 0.25) is 0 Å². The third-order valence-electron chi connectivity index (χ3n) is 17.0. The van der Waals surface area contributed by atoms with Gasteiger partial charge in [0.1, 0.15) is 11.2 Å². The lowest BCUT2D eigenvalue weighted by molar-refractivity contribution is 0.331. The largest absolute Gasteiger partial charge is 0.455 e. The van der Waals surface area contributed by atoms with Gasteiger partial charge >= 0.3 is 6.85 Å². The van der Waals surface area contributed by atoms with Gasteiger partial charge in [-0.2, -0.15) is 0 Å². The third-order valence-corrected chi connectivity index (χ3v) is 17.0. The van der Waals surface area contributed by atoms with Crippen molar-refractivity contribution in [3.05, 3.63) is 179 Å². The number of anilines is 2. The molecule has 0 saturated heterocycles. The van der Waals surface area contributed by atoms with E-state index in [0.717, 1.165) is 28.4 Å². The number of furan rings is 1. The molecule has 2 aliphatic carbocycles. The molecule has 0 spiro atoms. The fourth-order valence-corrected chi connectivity index (χ4v) is 13.4.